The Morgan fingerprint density at radius 1 is 0.331 bits per heavy atom. The molecular formula is C108H170N4O36. The summed E-state index contributed by atoms with van der Waals surface area (Å²) in [6.45, 7) is 14.2. The minimum absolute atomic E-state index is 0.159. The van der Waals surface area contributed by atoms with Crippen LogP contribution in [0.5, 0.6) is 0 Å². The summed E-state index contributed by atoms with van der Waals surface area (Å²) in [6, 6.07) is -2.16. The summed E-state index contributed by atoms with van der Waals surface area (Å²) >= 11 is 0. The Bertz CT molecular complexity index is 4080. The number of allylic oxidation sites excluding steroid dienone is 24. The number of hydrogen-bond acceptors (Lipinski definition) is 36. The second-order valence-corrected chi connectivity index (χ2v) is 40.3. The van der Waals surface area contributed by atoms with Gasteiger partial charge in [0.25, 0.3) is 0 Å². The Kier molecular flexibility index (Phi) is 58.8. The first-order chi connectivity index (χ1) is 70.2. The van der Waals surface area contributed by atoms with Crippen molar-refractivity contribution in [1.82, 2.24) is 21.3 Å². The van der Waals surface area contributed by atoms with E-state index in [2.05, 4.69) is 21.3 Å². The summed E-state index contributed by atoms with van der Waals surface area (Å²) in [4.78, 5) is 77.5. The van der Waals surface area contributed by atoms with Crippen LogP contribution in [0.3, 0.4) is 0 Å². The number of unbranched alkanes of at least 4 members (excludes halogenated alkanes) is 3. The van der Waals surface area contributed by atoms with Crippen molar-refractivity contribution in [1.29, 1.82) is 0 Å². The highest BCUT2D eigenvalue weighted by molar-refractivity contribution is 5.76. The number of amides is 2. The molecule has 2 amide bonds. The normalized spacial score (nSPS) is 41.4. The number of cyclic esters (lactones) is 2. The summed E-state index contributed by atoms with van der Waals surface area (Å²) in [7, 11) is 0. The van der Waals surface area contributed by atoms with Crippen molar-refractivity contribution in [2.75, 3.05) is 26.2 Å². The van der Waals surface area contributed by atoms with E-state index in [9.17, 15) is 141 Å². The maximum absolute atomic E-state index is 13.0. The minimum atomic E-state index is -2.43. The van der Waals surface area contributed by atoms with Crippen LogP contribution in [0, 0.1) is 35.5 Å². The van der Waals surface area contributed by atoms with Crippen LogP contribution in [0.4, 0.5) is 0 Å². The molecule has 148 heavy (non-hydrogen) atoms. The van der Waals surface area contributed by atoms with Gasteiger partial charge in [0.2, 0.25) is 11.8 Å². The van der Waals surface area contributed by atoms with Gasteiger partial charge in [0.1, 0.15) is 36.3 Å². The number of esters is 2. The number of aliphatic carboxylic acids is 2. The van der Waals surface area contributed by atoms with Gasteiger partial charge < -0.3 is 172 Å². The van der Waals surface area contributed by atoms with Crippen molar-refractivity contribution in [3.05, 3.63) is 170 Å². The van der Waals surface area contributed by atoms with E-state index < -0.39 is 307 Å². The molecule has 0 radical (unpaired) electrons. The number of ether oxygens (including phenoxy) is 8. The molecule has 0 unspecified atom stereocenters. The average Bonchev–Trinajstić information content (AvgIpc) is 0.783. The highest BCUT2D eigenvalue weighted by Crippen LogP contribution is 2.42. The summed E-state index contributed by atoms with van der Waals surface area (Å²) in [5.41, 5.74) is 0. The van der Waals surface area contributed by atoms with Gasteiger partial charge in [-0.05, 0) is 105 Å². The average molecular weight is 2100 g/mol. The lowest BCUT2D eigenvalue weighted by Gasteiger charge is -2.45. The zero-order valence-electron chi connectivity index (χ0n) is 86.3. The van der Waals surface area contributed by atoms with Crippen molar-refractivity contribution < 1.29 is 179 Å². The van der Waals surface area contributed by atoms with Gasteiger partial charge in [0, 0.05) is 101 Å². The zero-order chi connectivity index (χ0) is 109. The van der Waals surface area contributed by atoms with E-state index in [1.54, 1.807) is 200 Å². The number of carboxylic acids is 2. The number of rotatable bonds is 23. The number of aliphatic hydroxyl groups is 20. The molecule has 6 aliphatic rings. The Balaban J connectivity index is 0.998. The van der Waals surface area contributed by atoms with Crippen LogP contribution < -0.4 is 21.3 Å². The fourth-order valence-corrected chi connectivity index (χ4v) is 18.6. The topological polar surface area (TPSA) is 669 Å². The summed E-state index contributed by atoms with van der Waals surface area (Å²) in [6.07, 6.45) is 6.38. The fraction of sp³-hybridized carbons (Fsp3) is 0.685. The van der Waals surface area contributed by atoms with Crippen molar-refractivity contribution in [3.63, 3.8) is 0 Å². The Hall–Kier alpha value is -7.94. The second kappa shape index (κ2) is 67.6. The van der Waals surface area contributed by atoms with E-state index in [4.69, 9.17) is 37.9 Å². The second-order valence-electron chi connectivity index (χ2n) is 40.3. The first kappa shape index (κ1) is 129. The number of hydrogen-bond donors (Lipinski definition) is 26. The lowest BCUT2D eigenvalue weighted by molar-refractivity contribution is -0.310. The zero-order valence-corrected chi connectivity index (χ0v) is 86.3. The van der Waals surface area contributed by atoms with E-state index >= 15 is 0 Å². The molecule has 838 valence electrons. The smallest absolute Gasteiger partial charge is 0.311 e. The molecule has 4 saturated heterocycles. The van der Waals surface area contributed by atoms with Gasteiger partial charge in [0.15, 0.2) is 24.2 Å². The monoisotopic (exact) mass is 2100 g/mol. The first-order valence-electron chi connectivity index (χ1n) is 52.1. The van der Waals surface area contributed by atoms with Crippen LogP contribution in [0.2, 0.25) is 0 Å². The lowest BCUT2D eigenvalue weighted by Crippen LogP contribution is -2.63. The number of aliphatic hydroxyl groups excluding tert-OH is 18. The molecular weight excluding hydrogens is 1930 g/mol. The minimum Gasteiger partial charge on any atom is -0.481 e. The number of carbonyl (C=O) groups excluding carboxylic acids is 4. The van der Waals surface area contributed by atoms with Crippen LogP contribution in [0.25, 0.3) is 0 Å². The number of carbonyl (C=O) groups is 6. The number of carboxylic acid groups (broad SMARTS) is 2. The molecule has 40 heteroatoms. The van der Waals surface area contributed by atoms with Crippen molar-refractivity contribution >= 4 is 35.7 Å². The molecule has 0 aliphatic carbocycles. The van der Waals surface area contributed by atoms with Crippen LogP contribution in [0.15, 0.2) is 170 Å². The fourth-order valence-electron chi connectivity index (χ4n) is 18.6. The molecule has 0 aromatic heterocycles. The van der Waals surface area contributed by atoms with Gasteiger partial charge in [0.05, 0.1) is 159 Å². The Labute approximate surface area is 868 Å². The van der Waals surface area contributed by atoms with Crippen molar-refractivity contribution in [2.45, 2.75) is 404 Å². The maximum Gasteiger partial charge on any atom is 0.311 e. The molecule has 6 aliphatic heterocycles. The van der Waals surface area contributed by atoms with Crippen molar-refractivity contribution in [2.24, 2.45) is 35.5 Å². The lowest BCUT2D eigenvalue weighted by atomic mass is 9.82. The molecule has 4 fully saturated rings. The van der Waals surface area contributed by atoms with Crippen LogP contribution in [-0.2, 0) is 66.7 Å². The van der Waals surface area contributed by atoms with Crippen molar-refractivity contribution in [3.8, 4) is 0 Å². The third kappa shape index (κ3) is 46.9. The van der Waals surface area contributed by atoms with E-state index in [0.29, 0.717) is 38.5 Å². The van der Waals surface area contributed by atoms with Gasteiger partial charge in [-0.15, -0.1) is 0 Å². The maximum atomic E-state index is 13.0. The molecule has 6 heterocycles. The van der Waals surface area contributed by atoms with Crippen LogP contribution in [0.1, 0.15) is 209 Å². The van der Waals surface area contributed by atoms with Crippen LogP contribution >= 0.6 is 0 Å². The highest BCUT2D eigenvalue weighted by atomic mass is 16.7. The summed E-state index contributed by atoms with van der Waals surface area (Å²) < 4.78 is 48.0. The number of nitrogens with one attached hydrogen (secondary N) is 4. The quantitative estimate of drug-likeness (QED) is 0.0516. The van der Waals surface area contributed by atoms with Gasteiger partial charge in [-0.25, -0.2) is 0 Å². The van der Waals surface area contributed by atoms with Gasteiger partial charge in [-0.3, -0.25) is 28.8 Å². The third-order valence-electron chi connectivity index (χ3n) is 27.6. The molecule has 0 aromatic carbocycles. The van der Waals surface area contributed by atoms with Gasteiger partial charge >= 0.3 is 23.9 Å². The predicted molar refractivity (Wildman–Crippen MR) is 545 cm³/mol. The predicted octanol–water partition coefficient (Wildman–Crippen LogP) is 3.05. The van der Waals surface area contributed by atoms with E-state index in [-0.39, 0.29) is 101 Å². The first-order valence-corrected chi connectivity index (χ1v) is 52.1. The third-order valence-corrected chi connectivity index (χ3v) is 27.6. The SMILES string of the molecule is C[C@@H]1[C@H](O)[C@@H](C)/C=C/C=C/C=C/C=C/C=C/C=C/C=C/[C@H](O[C@@H]2O[C@H](C)[C@@H](O)[C@H](NCCCNC(=O)CCCCCCC(=O)NCCCN[C@@H]3[C@H](O)[C@H](O[C@H]4/C=C/C=C/C=C/C=C/C=C/C=C/C=C/[C@H](C)[C@@H](O)[C@@H](C)[C@H](C)OC(=O)C[C@H](O)C[C@H](O)CC[C@@H](O)[C@H](O)C[C@H](O)C[C@]5(O)C[C@H](O)[C@@H](C(=O)O)[C@H](C4)O5)O[C@H](C)[C@H]3O)[C@@H]2O)C[C@@H]2O[C@](O)(C[C@@H](O)C[C@@H](O)[C@H](O)CC[C@@H](O)C[C@@H](O)CC(=O)O[C@H]1C)C[C@H](O)[C@H]2C(=O)O. The summed E-state index contributed by atoms with van der Waals surface area (Å²) in [5.74, 6) is -14.9. The molecule has 0 aromatic rings. The van der Waals surface area contributed by atoms with Crippen LogP contribution in [-0.4, -0.2) is 369 Å². The van der Waals surface area contributed by atoms with Gasteiger partial charge in [-0.2, -0.15) is 0 Å². The highest BCUT2D eigenvalue weighted by Gasteiger charge is 2.54. The molecule has 26 N–H and O–H groups in total. The molecule has 6 rings (SSSR count). The Morgan fingerprint density at radius 2 is 0.642 bits per heavy atom. The van der Waals surface area contributed by atoms with E-state index in [1.165, 1.54) is 12.2 Å². The van der Waals surface area contributed by atoms with E-state index in [0.717, 1.165) is 0 Å². The molecule has 38 atom stereocenters. The molecule has 40 nitrogen and oxygen atoms in total. The van der Waals surface area contributed by atoms with Gasteiger partial charge in [-0.1, -0.05) is 211 Å². The molecule has 0 spiro atoms. The standard InChI is InChI=1S/C108H170N4O36/c1-65-39-31-25-21-17-13-9-11-15-19-23-27-33-41-79(59-87-93(103(135)136)85(123)63-107(139,147-87)61-77(117)55-83(121)81(119)47-45-73(113)53-75(115)57-91(127)141-69(5)67(3)97(65)129)145-105-101(133)95(99(131)71(7)143-105)111-51-37-49-109-89(125)43-35-29-30-36-44-90(126)110-50-38-52-112-96-100(132)72(8)144-106(102(96)134)146-80-42-34-28-24-20-16-12-10-14-18-22-26-32-40-66(2)98(130)68(4)70(6)142-92(128)58-76(116)54-74(114)46-48-82(120)84(122)56-78(118)62-108(140)64-86(124)94(104(137)138)88(60-80)148-108/h9-28,31-34,39-42,65-88,93-102,105-106,111-124,129-134,139-140H,29-30,35-38,43-64H2,1-8H3,(H,109,125)(H,110,126)(H,135,136)(H,137,138)/b11-9+,12-10+,17-13+,18-14+,19-15+,20-16+,25-21+,26-22+,27-23+,28-24+,39-31+,40-32+,41-33+,42-34+/t65-,66-,67-,68-,69-,70-,71+,72+,73+,74+,75+,76+,77-,78-,79-,80-,81+,82+,83+,84+,85-,86-,87-,88-,93+,94+,95-,96-,97+,98+,99+,100+,101-,102-,105-,106-,107+,108+/m0/s1. The molecule has 4 bridgehead atoms. The summed E-state index contributed by atoms with van der Waals surface area (Å²) in [5, 5.41) is 257. The Morgan fingerprint density at radius 3 is 0.959 bits per heavy atom. The number of fused-ring (bicyclic) bond motifs is 4. The van der Waals surface area contributed by atoms with E-state index in [1.807, 2.05) is 13.8 Å². The molecule has 0 saturated carbocycles. The largest absolute Gasteiger partial charge is 0.481 e.